The van der Waals surface area contributed by atoms with Crippen LogP contribution < -0.4 is 0 Å². The van der Waals surface area contributed by atoms with Crippen molar-refractivity contribution in [1.82, 2.24) is 24.8 Å². The largest absolute Gasteiger partial charge is 0.468 e. The van der Waals surface area contributed by atoms with Gasteiger partial charge in [-0.25, -0.2) is 4.68 Å². The molecule has 152 valence electrons. The maximum Gasteiger partial charge on any atom is 0.276 e. The van der Waals surface area contributed by atoms with Crippen molar-refractivity contribution in [2.24, 2.45) is 0 Å². The molecular formula is C21H24ClN5O2. The van der Waals surface area contributed by atoms with Crippen LogP contribution in [-0.4, -0.2) is 56.9 Å². The molecule has 1 aliphatic heterocycles. The summed E-state index contributed by atoms with van der Waals surface area (Å²) in [4.78, 5) is 17.3. The van der Waals surface area contributed by atoms with E-state index < -0.39 is 0 Å². The standard InChI is InChI=1S/C21H24ClN5O2/c1-2-5-19-20(23-24-27(19)17-7-3-6-16(22)14-17)21(28)26-11-9-25(10-12-26)15-18-8-4-13-29-18/h3-4,6-8,13-14H,2,5,9-12,15H2,1H3. The van der Waals surface area contributed by atoms with E-state index in [4.69, 9.17) is 16.0 Å². The van der Waals surface area contributed by atoms with E-state index in [1.165, 1.54) is 0 Å². The Morgan fingerprint density at radius 3 is 2.69 bits per heavy atom. The molecule has 8 heteroatoms. The number of piperazine rings is 1. The molecule has 3 aromatic rings. The van der Waals surface area contributed by atoms with Crippen LogP contribution >= 0.6 is 11.6 Å². The van der Waals surface area contributed by atoms with E-state index >= 15 is 0 Å². The Morgan fingerprint density at radius 2 is 2.00 bits per heavy atom. The average molecular weight is 414 g/mol. The summed E-state index contributed by atoms with van der Waals surface area (Å²) in [7, 11) is 0. The first-order chi connectivity index (χ1) is 14.2. The van der Waals surface area contributed by atoms with Crippen LogP contribution in [-0.2, 0) is 13.0 Å². The molecule has 4 rings (SSSR count). The van der Waals surface area contributed by atoms with Crippen molar-refractivity contribution in [3.63, 3.8) is 0 Å². The topological polar surface area (TPSA) is 67.4 Å². The maximum atomic E-state index is 13.2. The third-order valence-corrected chi connectivity index (χ3v) is 5.36. The van der Waals surface area contributed by atoms with E-state index in [0.29, 0.717) is 23.8 Å². The third kappa shape index (κ3) is 4.36. The Balaban J connectivity index is 1.49. The number of hydrogen-bond donors (Lipinski definition) is 0. The van der Waals surface area contributed by atoms with Gasteiger partial charge in [-0.1, -0.05) is 36.2 Å². The molecule has 0 atom stereocenters. The zero-order valence-corrected chi connectivity index (χ0v) is 17.2. The lowest BCUT2D eigenvalue weighted by Crippen LogP contribution is -2.48. The quantitative estimate of drug-likeness (QED) is 0.619. The molecular weight excluding hydrogens is 390 g/mol. The number of amides is 1. The first-order valence-electron chi connectivity index (χ1n) is 9.90. The summed E-state index contributed by atoms with van der Waals surface area (Å²) < 4.78 is 7.15. The van der Waals surface area contributed by atoms with Crippen LogP contribution in [0.2, 0.25) is 5.02 Å². The Labute approximate surface area is 174 Å². The van der Waals surface area contributed by atoms with Crippen LogP contribution in [0, 0.1) is 0 Å². The SMILES string of the molecule is CCCc1c(C(=O)N2CCN(Cc3ccco3)CC2)nnn1-c1cccc(Cl)c1. The van der Waals surface area contributed by atoms with Crippen molar-refractivity contribution in [3.05, 3.63) is 64.8 Å². The van der Waals surface area contributed by atoms with Crippen molar-refractivity contribution in [1.29, 1.82) is 0 Å². The molecule has 0 N–H and O–H groups in total. The lowest BCUT2D eigenvalue weighted by atomic mass is 10.1. The molecule has 0 aliphatic carbocycles. The molecule has 0 spiro atoms. The number of rotatable bonds is 6. The van der Waals surface area contributed by atoms with E-state index in [1.54, 1.807) is 10.9 Å². The van der Waals surface area contributed by atoms with Gasteiger partial charge >= 0.3 is 0 Å². The van der Waals surface area contributed by atoms with Crippen LogP contribution in [0.15, 0.2) is 47.1 Å². The highest BCUT2D eigenvalue weighted by Gasteiger charge is 2.28. The van der Waals surface area contributed by atoms with Gasteiger partial charge < -0.3 is 9.32 Å². The smallest absolute Gasteiger partial charge is 0.276 e. The number of carbonyl (C=O) groups is 1. The van der Waals surface area contributed by atoms with Gasteiger partial charge in [0.15, 0.2) is 5.69 Å². The van der Waals surface area contributed by atoms with Gasteiger partial charge in [0.2, 0.25) is 0 Å². The predicted molar refractivity (Wildman–Crippen MR) is 110 cm³/mol. The second kappa shape index (κ2) is 8.80. The molecule has 3 heterocycles. The molecule has 0 unspecified atom stereocenters. The molecule has 1 aliphatic rings. The highest BCUT2D eigenvalue weighted by molar-refractivity contribution is 6.30. The minimum atomic E-state index is -0.0561. The van der Waals surface area contributed by atoms with Crippen LogP contribution in [0.1, 0.15) is 35.3 Å². The van der Waals surface area contributed by atoms with E-state index in [9.17, 15) is 4.79 Å². The van der Waals surface area contributed by atoms with E-state index in [0.717, 1.165) is 49.6 Å². The lowest BCUT2D eigenvalue weighted by molar-refractivity contribution is 0.0613. The second-order valence-corrected chi connectivity index (χ2v) is 7.61. The number of aromatic nitrogens is 3. The summed E-state index contributed by atoms with van der Waals surface area (Å²) in [5, 5.41) is 9.14. The van der Waals surface area contributed by atoms with Crippen molar-refractivity contribution >= 4 is 17.5 Å². The van der Waals surface area contributed by atoms with Crippen LogP contribution in [0.4, 0.5) is 0 Å². The molecule has 29 heavy (non-hydrogen) atoms. The van der Waals surface area contributed by atoms with Crippen molar-refractivity contribution in [2.45, 2.75) is 26.3 Å². The Bertz CT molecular complexity index is 961. The lowest BCUT2D eigenvalue weighted by Gasteiger charge is -2.34. The van der Waals surface area contributed by atoms with Gasteiger partial charge in [-0.3, -0.25) is 9.69 Å². The summed E-state index contributed by atoms with van der Waals surface area (Å²) in [5.74, 6) is 0.888. The fraction of sp³-hybridized carbons (Fsp3) is 0.381. The van der Waals surface area contributed by atoms with Gasteiger partial charge in [-0.15, -0.1) is 5.10 Å². The fourth-order valence-electron chi connectivity index (χ4n) is 3.63. The summed E-state index contributed by atoms with van der Waals surface area (Å²) in [6, 6.07) is 11.3. The molecule has 1 fully saturated rings. The van der Waals surface area contributed by atoms with Gasteiger partial charge in [0, 0.05) is 31.2 Å². The summed E-state index contributed by atoms with van der Waals surface area (Å²) in [6.45, 7) is 5.78. The van der Waals surface area contributed by atoms with Gasteiger partial charge in [0.1, 0.15) is 5.76 Å². The van der Waals surface area contributed by atoms with Crippen LogP contribution in [0.25, 0.3) is 5.69 Å². The minimum absolute atomic E-state index is 0.0561. The van der Waals surface area contributed by atoms with Crippen LogP contribution in [0.3, 0.4) is 0 Å². The normalized spacial score (nSPS) is 15.0. The van der Waals surface area contributed by atoms with Crippen molar-refractivity contribution in [3.8, 4) is 5.69 Å². The number of hydrogen-bond acceptors (Lipinski definition) is 5. The predicted octanol–water partition coefficient (Wildman–Crippen LogP) is 3.42. The summed E-state index contributed by atoms with van der Waals surface area (Å²) in [5.41, 5.74) is 2.08. The Morgan fingerprint density at radius 1 is 1.17 bits per heavy atom. The molecule has 1 amide bonds. The molecule has 7 nitrogen and oxygen atoms in total. The second-order valence-electron chi connectivity index (χ2n) is 7.17. The number of carbonyl (C=O) groups excluding carboxylic acids is 1. The van der Waals surface area contributed by atoms with Gasteiger partial charge in [0.25, 0.3) is 5.91 Å². The highest BCUT2D eigenvalue weighted by Crippen LogP contribution is 2.20. The van der Waals surface area contributed by atoms with Crippen molar-refractivity contribution in [2.75, 3.05) is 26.2 Å². The monoisotopic (exact) mass is 413 g/mol. The Kier molecular flexibility index (Phi) is 5.97. The highest BCUT2D eigenvalue weighted by atomic mass is 35.5. The van der Waals surface area contributed by atoms with Gasteiger partial charge in [-0.2, -0.15) is 0 Å². The number of nitrogens with zero attached hydrogens (tertiary/aromatic N) is 5. The molecule has 0 saturated carbocycles. The first kappa shape index (κ1) is 19.7. The molecule has 1 aromatic carbocycles. The molecule has 0 radical (unpaired) electrons. The van der Waals surface area contributed by atoms with Crippen LogP contribution in [0.5, 0.6) is 0 Å². The van der Waals surface area contributed by atoms with Gasteiger partial charge in [-0.05, 0) is 36.8 Å². The van der Waals surface area contributed by atoms with Gasteiger partial charge in [0.05, 0.1) is 24.2 Å². The zero-order valence-electron chi connectivity index (χ0n) is 16.4. The number of furan rings is 1. The van der Waals surface area contributed by atoms with Crippen molar-refractivity contribution < 1.29 is 9.21 Å². The van der Waals surface area contributed by atoms with E-state index in [-0.39, 0.29) is 5.91 Å². The Hall–Kier alpha value is -2.64. The third-order valence-electron chi connectivity index (χ3n) is 5.12. The molecule has 0 bridgehead atoms. The number of benzene rings is 1. The molecule has 1 saturated heterocycles. The average Bonchev–Trinajstić information content (AvgIpc) is 3.38. The minimum Gasteiger partial charge on any atom is -0.468 e. The molecule has 2 aromatic heterocycles. The van der Waals surface area contributed by atoms with E-state index in [2.05, 4.69) is 22.1 Å². The summed E-state index contributed by atoms with van der Waals surface area (Å²) >= 11 is 6.13. The summed E-state index contributed by atoms with van der Waals surface area (Å²) in [6.07, 6.45) is 3.30. The number of halogens is 1. The first-order valence-corrected chi connectivity index (χ1v) is 10.3. The maximum absolute atomic E-state index is 13.2. The van der Waals surface area contributed by atoms with E-state index in [1.807, 2.05) is 41.3 Å². The fourth-order valence-corrected chi connectivity index (χ4v) is 3.81. The zero-order chi connectivity index (χ0) is 20.2.